The predicted octanol–water partition coefficient (Wildman–Crippen LogP) is 6.74. The third kappa shape index (κ3) is 4.73. The Morgan fingerprint density at radius 3 is 2.10 bits per heavy atom. The van der Waals surface area contributed by atoms with Crippen LogP contribution in [-0.2, 0) is 19.4 Å². The van der Waals surface area contributed by atoms with Gasteiger partial charge in [-0.2, -0.15) is 0 Å². The number of hydrogen-bond donors (Lipinski definition) is 0. The molecular formula is C31H26ClF2N3O3. The molecule has 0 saturated heterocycles. The topological polar surface area (TPSA) is 72.3 Å². The van der Waals surface area contributed by atoms with E-state index in [1.807, 2.05) is 13.8 Å². The van der Waals surface area contributed by atoms with E-state index in [9.17, 15) is 23.2 Å². The van der Waals surface area contributed by atoms with E-state index in [1.165, 1.54) is 12.1 Å². The van der Waals surface area contributed by atoms with Crippen LogP contribution in [0.2, 0.25) is 5.02 Å². The van der Waals surface area contributed by atoms with Crippen LogP contribution in [0.5, 0.6) is 0 Å². The van der Waals surface area contributed by atoms with Gasteiger partial charge in [0.1, 0.15) is 17.5 Å². The fraction of sp³-hybridized carbons (Fsp3) is 0.226. The Hall–Kier alpha value is -4.17. The third-order valence-electron chi connectivity index (χ3n) is 6.91. The van der Waals surface area contributed by atoms with E-state index in [4.69, 9.17) is 16.6 Å². The number of carbonyl (C=O) groups excluding carboxylic acids is 3. The molecule has 0 saturated carbocycles. The number of rotatable bonds is 9. The van der Waals surface area contributed by atoms with E-state index in [0.717, 1.165) is 41.3 Å². The molecule has 0 N–H and O–H groups in total. The maximum absolute atomic E-state index is 14.7. The Labute approximate surface area is 235 Å². The molecule has 1 aliphatic rings. The minimum atomic E-state index is -0.992. The van der Waals surface area contributed by atoms with Gasteiger partial charge in [-0.3, -0.25) is 23.9 Å². The highest BCUT2D eigenvalue weighted by Crippen LogP contribution is 2.31. The smallest absolute Gasteiger partial charge is 0.261 e. The van der Waals surface area contributed by atoms with Crippen molar-refractivity contribution in [1.29, 1.82) is 0 Å². The Morgan fingerprint density at radius 1 is 0.875 bits per heavy atom. The first-order valence-corrected chi connectivity index (χ1v) is 13.5. The number of carbonyl (C=O) groups is 3. The molecule has 1 aromatic heterocycles. The molecule has 0 bridgehead atoms. The van der Waals surface area contributed by atoms with Crippen molar-refractivity contribution >= 4 is 29.2 Å². The maximum atomic E-state index is 14.7. The molecule has 40 heavy (non-hydrogen) atoms. The Balaban J connectivity index is 1.70. The average molecular weight is 562 g/mol. The number of halogens is 3. The molecule has 0 spiro atoms. The van der Waals surface area contributed by atoms with E-state index in [-0.39, 0.29) is 17.1 Å². The normalized spacial score (nSPS) is 12.8. The van der Waals surface area contributed by atoms with Crippen LogP contribution in [0, 0.1) is 11.6 Å². The number of hydrogen-bond acceptors (Lipinski definition) is 4. The van der Waals surface area contributed by atoms with E-state index in [1.54, 1.807) is 41.0 Å². The van der Waals surface area contributed by atoms with Crippen LogP contribution >= 0.6 is 11.6 Å². The highest BCUT2D eigenvalue weighted by molar-refractivity contribution is 6.31. The molecule has 6 nitrogen and oxygen atoms in total. The lowest BCUT2D eigenvalue weighted by Gasteiger charge is -2.19. The summed E-state index contributed by atoms with van der Waals surface area (Å²) in [6.45, 7) is 3.85. The van der Waals surface area contributed by atoms with Gasteiger partial charge in [-0.1, -0.05) is 56.5 Å². The first-order chi connectivity index (χ1) is 19.3. The van der Waals surface area contributed by atoms with Crippen molar-refractivity contribution in [3.8, 4) is 5.69 Å². The maximum Gasteiger partial charge on any atom is 0.261 e. The lowest BCUT2D eigenvalue weighted by atomic mass is 10.00. The van der Waals surface area contributed by atoms with Gasteiger partial charge in [-0.05, 0) is 55.3 Å². The largest absolute Gasteiger partial charge is 0.298 e. The van der Waals surface area contributed by atoms with Crippen molar-refractivity contribution in [1.82, 2.24) is 14.5 Å². The second-order valence-corrected chi connectivity index (χ2v) is 10.0. The Morgan fingerprint density at radius 2 is 1.50 bits per heavy atom. The molecule has 3 aromatic carbocycles. The van der Waals surface area contributed by atoms with E-state index < -0.39 is 34.8 Å². The zero-order chi connectivity index (χ0) is 28.6. The van der Waals surface area contributed by atoms with Crippen LogP contribution in [0.25, 0.3) is 5.69 Å². The van der Waals surface area contributed by atoms with Gasteiger partial charge >= 0.3 is 0 Å². The summed E-state index contributed by atoms with van der Waals surface area (Å²) >= 11 is 6.28. The number of aryl methyl sites for hydroxylation is 1. The first-order valence-electron chi connectivity index (χ1n) is 13.1. The van der Waals surface area contributed by atoms with Crippen LogP contribution in [0.3, 0.4) is 0 Å². The molecular weight excluding hydrogens is 536 g/mol. The number of imide groups is 1. The number of ketones is 1. The lowest BCUT2D eigenvalue weighted by molar-refractivity contribution is 0.0637. The van der Waals surface area contributed by atoms with Crippen molar-refractivity contribution in [2.45, 2.75) is 46.1 Å². The minimum absolute atomic E-state index is 0.0297. The molecule has 0 unspecified atom stereocenters. The molecule has 0 radical (unpaired) electrons. The van der Waals surface area contributed by atoms with Crippen LogP contribution in [0.1, 0.15) is 80.5 Å². The second kappa shape index (κ2) is 11.1. The van der Waals surface area contributed by atoms with E-state index in [0.29, 0.717) is 35.5 Å². The summed E-state index contributed by atoms with van der Waals surface area (Å²) in [5.41, 5.74) is 1.76. The summed E-state index contributed by atoms with van der Waals surface area (Å²) < 4.78 is 31.1. The van der Waals surface area contributed by atoms with E-state index >= 15 is 0 Å². The Kier molecular flexibility index (Phi) is 7.63. The molecule has 0 atom stereocenters. The van der Waals surface area contributed by atoms with Crippen molar-refractivity contribution in [3.63, 3.8) is 0 Å². The zero-order valence-corrected chi connectivity index (χ0v) is 22.8. The molecule has 2 heterocycles. The summed E-state index contributed by atoms with van der Waals surface area (Å²) in [6.07, 6.45) is 2.73. The molecule has 9 heteroatoms. The van der Waals surface area contributed by atoms with Gasteiger partial charge in [0.15, 0.2) is 0 Å². The summed E-state index contributed by atoms with van der Waals surface area (Å²) in [5, 5.41) is 0.205. The molecule has 5 rings (SSSR count). The summed E-state index contributed by atoms with van der Waals surface area (Å²) in [7, 11) is 0. The summed E-state index contributed by atoms with van der Waals surface area (Å²) in [5.74, 6) is -3.39. The fourth-order valence-electron chi connectivity index (χ4n) is 5.13. The predicted molar refractivity (Wildman–Crippen MR) is 147 cm³/mol. The van der Waals surface area contributed by atoms with Crippen molar-refractivity contribution in [2.75, 3.05) is 0 Å². The van der Waals surface area contributed by atoms with Crippen molar-refractivity contribution < 1.29 is 23.2 Å². The molecule has 0 fully saturated rings. The third-order valence-corrected chi connectivity index (χ3v) is 7.15. The number of fused-ring (bicyclic) bond motifs is 1. The standard InChI is InChI=1S/C31H26ClF2N3O3/c1-3-8-24-26(9-4-2)37(27(35-24)17-36-30(39)19-10-5-6-11-20(19)31(36)40)25-15-14-18(32)16-21(25)29(38)28-22(33)12-7-13-23(28)34/h5-7,10-16H,3-4,8-9,17H2,1-2H3. The molecule has 4 aromatic rings. The average Bonchev–Trinajstić information content (AvgIpc) is 3.38. The van der Waals surface area contributed by atoms with Gasteiger partial charge in [-0.25, -0.2) is 13.8 Å². The molecule has 1 aliphatic heterocycles. The van der Waals surface area contributed by atoms with Gasteiger partial charge in [0.05, 0.1) is 34.6 Å². The van der Waals surface area contributed by atoms with Gasteiger partial charge in [0.2, 0.25) is 5.78 Å². The van der Waals surface area contributed by atoms with Crippen LogP contribution < -0.4 is 0 Å². The van der Waals surface area contributed by atoms with Crippen LogP contribution in [0.15, 0.2) is 60.7 Å². The number of aromatic nitrogens is 2. The minimum Gasteiger partial charge on any atom is -0.298 e. The number of benzene rings is 3. The monoisotopic (exact) mass is 561 g/mol. The van der Waals surface area contributed by atoms with Crippen molar-refractivity contribution in [2.24, 2.45) is 0 Å². The van der Waals surface area contributed by atoms with E-state index in [2.05, 4.69) is 0 Å². The quantitative estimate of drug-likeness (QED) is 0.168. The number of nitrogens with zero attached hydrogens (tertiary/aromatic N) is 3. The SMILES string of the molecule is CCCc1nc(CN2C(=O)c3ccccc3C2=O)n(-c2ccc(Cl)cc2C(=O)c2c(F)cccc2F)c1CCC. The first kappa shape index (κ1) is 27.4. The zero-order valence-electron chi connectivity index (χ0n) is 22.0. The van der Waals surface area contributed by atoms with Gasteiger partial charge < -0.3 is 0 Å². The highest BCUT2D eigenvalue weighted by Gasteiger charge is 2.37. The second-order valence-electron chi connectivity index (χ2n) is 9.59. The van der Waals surface area contributed by atoms with Crippen LogP contribution in [-0.4, -0.2) is 32.0 Å². The highest BCUT2D eigenvalue weighted by atomic mass is 35.5. The van der Waals surface area contributed by atoms with Crippen LogP contribution in [0.4, 0.5) is 8.78 Å². The van der Waals surface area contributed by atoms with Gasteiger partial charge in [0, 0.05) is 16.3 Å². The Bertz CT molecular complexity index is 1610. The lowest BCUT2D eigenvalue weighted by Crippen LogP contribution is -2.30. The molecule has 2 amide bonds. The summed E-state index contributed by atoms with van der Waals surface area (Å²) in [6, 6.07) is 14.4. The van der Waals surface area contributed by atoms with Crippen molar-refractivity contribution in [3.05, 3.63) is 117 Å². The molecule has 0 aliphatic carbocycles. The number of imidazole rings is 1. The fourth-order valence-corrected chi connectivity index (χ4v) is 5.31. The number of amides is 2. The molecule has 204 valence electrons. The van der Waals surface area contributed by atoms with Gasteiger partial charge in [-0.15, -0.1) is 0 Å². The van der Waals surface area contributed by atoms with Gasteiger partial charge in [0.25, 0.3) is 11.8 Å². The summed E-state index contributed by atoms with van der Waals surface area (Å²) in [4.78, 5) is 46.0.